The molecule has 0 radical (unpaired) electrons. The molecular weight excluding hydrogens is 210 g/mol. The van der Waals surface area contributed by atoms with Crippen LogP contribution in [-0.2, 0) is 4.79 Å². The van der Waals surface area contributed by atoms with Gasteiger partial charge in [-0.1, -0.05) is 0 Å². The molecule has 1 heterocycles. The second-order valence-corrected chi connectivity index (χ2v) is 4.33. The molecule has 0 amide bonds. The number of nitrogens with one attached hydrogen (secondary N) is 1. The van der Waals surface area contributed by atoms with Crippen LogP contribution in [0.3, 0.4) is 0 Å². The van der Waals surface area contributed by atoms with Gasteiger partial charge in [0.15, 0.2) is 0 Å². The fraction of sp³-hybridized carbons (Fsp3) is 0.182. The first-order valence-electron chi connectivity index (χ1n) is 4.63. The van der Waals surface area contributed by atoms with Crippen molar-refractivity contribution in [1.82, 2.24) is 0 Å². The molecule has 2 rings (SSSR count). The van der Waals surface area contributed by atoms with Gasteiger partial charge in [-0.3, -0.25) is 4.79 Å². The molecule has 0 aliphatic rings. The molecule has 0 aliphatic heterocycles. The van der Waals surface area contributed by atoms with Crippen LogP contribution in [0, 0.1) is 0 Å². The van der Waals surface area contributed by atoms with Crippen molar-refractivity contribution < 1.29 is 9.90 Å². The summed E-state index contributed by atoms with van der Waals surface area (Å²) in [6.45, 7) is 1.63. The number of thiophene rings is 1. The summed E-state index contributed by atoms with van der Waals surface area (Å²) in [5.41, 5.74) is 0.843. The summed E-state index contributed by atoms with van der Waals surface area (Å²) in [5.74, 6) is -0.847. The summed E-state index contributed by atoms with van der Waals surface area (Å²) in [6.07, 6.45) is 0. The summed E-state index contributed by atoms with van der Waals surface area (Å²) in [4.78, 5) is 10.7. The number of carboxylic acids is 1. The number of carbonyl (C=O) groups is 1. The van der Waals surface area contributed by atoms with Gasteiger partial charge in [-0.05, 0) is 42.0 Å². The Bertz CT molecular complexity index is 492. The topological polar surface area (TPSA) is 49.3 Å². The standard InChI is InChI=1S/C11H11NO2S/c1-7(11(13)14)12-9-2-3-10-8(6-9)4-5-15-10/h2-7,12H,1H3,(H,13,14). The molecule has 4 heteroatoms. The van der Waals surface area contributed by atoms with Crippen LogP contribution >= 0.6 is 11.3 Å². The molecule has 2 aromatic rings. The summed E-state index contributed by atoms with van der Waals surface area (Å²) >= 11 is 1.68. The van der Waals surface area contributed by atoms with E-state index in [1.165, 1.54) is 4.70 Å². The lowest BCUT2D eigenvalue weighted by atomic mass is 10.2. The van der Waals surface area contributed by atoms with E-state index in [0.717, 1.165) is 11.1 Å². The Morgan fingerprint density at radius 3 is 3.00 bits per heavy atom. The summed E-state index contributed by atoms with van der Waals surface area (Å²) in [5, 5.41) is 14.8. The molecule has 1 unspecified atom stereocenters. The largest absolute Gasteiger partial charge is 0.480 e. The van der Waals surface area contributed by atoms with Gasteiger partial charge in [0.25, 0.3) is 0 Å². The van der Waals surface area contributed by atoms with Crippen molar-refractivity contribution >= 4 is 33.1 Å². The van der Waals surface area contributed by atoms with Crippen LogP contribution in [-0.4, -0.2) is 17.1 Å². The number of carboxylic acid groups (broad SMARTS) is 1. The predicted molar refractivity (Wildman–Crippen MR) is 62.5 cm³/mol. The molecule has 0 bridgehead atoms. The number of anilines is 1. The van der Waals surface area contributed by atoms with Crippen LogP contribution in [0.25, 0.3) is 10.1 Å². The minimum Gasteiger partial charge on any atom is -0.480 e. The Labute approximate surface area is 91.4 Å². The van der Waals surface area contributed by atoms with E-state index in [4.69, 9.17) is 5.11 Å². The van der Waals surface area contributed by atoms with Crippen LogP contribution in [0.5, 0.6) is 0 Å². The monoisotopic (exact) mass is 221 g/mol. The van der Waals surface area contributed by atoms with Gasteiger partial charge in [-0.15, -0.1) is 11.3 Å². The molecule has 78 valence electrons. The van der Waals surface area contributed by atoms with Crippen LogP contribution in [0.4, 0.5) is 5.69 Å². The molecule has 0 spiro atoms. The van der Waals surface area contributed by atoms with E-state index in [2.05, 4.69) is 5.32 Å². The maximum absolute atomic E-state index is 10.7. The third kappa shape index (κ3) is 2.10. The predicted octanol–water partition coefficient (Wildman–Crippen LogP) is 2.79. The van der Waals surface area contributed by atoms with Crippen molar-refractivity contribution in [2.45, 2.75) is 13.0 Å². The van der Waals surface area contributed by atoms with Gasteiger partial charge in [0.2, 0.25) is 0 Å². The van der Waals surface area contributed by atoms with E-state index in [9.17, 15) is 4.79 Å². The highest BCUT2D eigenvalue weighted by atomic mass is 32.1. The third-order valence-corrected chi connectivity index (χ3v) is 3.10. The average molecular weight is 221 g/mol. The number of rotatable bonds is 3. The second-order valence-electron chi connectivity index (χ2n) is 3.38. The molecule has 0 saturated carbocycles. The summed E-state index contributed by atoms with van der Waals surface area (Å²) < 4.78 is 1.21. The van der Waals surface area contributed by atoms with Crippen molar-refractivity contribution in [3.8, 4) is 0 Å². The van der Waals surface area contributed by atoms with Crippen LogP contribution < -0.4 is 5.32 Å². The van der Waals surface area contributed by atoms with Gasteiger partial charge in [-0.25, -0.2) is 0 Å². The maximum atomic E-state index is 10.7. The fourth-order valence-electron chi connectivity index (χ4n) is 1.37. The molecule has 1 atom stereocenters. The number of fused-ring (bicyclic) bond motifs is 1. The molecule has 3 nitrogen and oxygen atoms in total. The Morgan fingerprint density at radius 2 is 2.27 bits per heavy atom. The fourth-order valence-corrected chi connectivity index (χ4v) is 2.14. The van der Waals surface area contributed by atoms with Crippen molar-refractivity contribution in [1.29, 1.82) is 0 Å². The zero-order valence-electron chi connectivity index (χ0n) is 8.23. The second kappa shape index (κ2) is 3.90. The number of hydrogen-bond donors (Lipinski definition) is 2. The van der Waals surface area contributed by atoms with Crippen LogP contribution in [0.2, 0.25) is 0 Å². The average Bonchev–Trinajstić information content (AvgIpc) is 2.64. The lowest BCUT2D eigenvalue weighted by molar-refractivity contribution is -0.137. The highest BCUT2D eigenvalue weighted by Crippen LogP contribution is 2.24. The molecule has 15 heavy (non-hydrogen) atoms. The van der Waals surface area contributed by atoms with Crippen molar-refractivity contribution in [3.05, 3.63) is 29.6 Å². The Balaban J connectivity index is 2.24. The van der Waals surface area contributed by atoms with Gasteiger partial charge >= 0.3 is 5.97 Å². The Morgan fingerprint density at radius 1 is 1.47 bits per heavy atom. The van der Waals surface area contributed by atoms with E-state index >= 15 is 0 Å². The van der Waals surface area contributed by atoms with Gasteiger partial charge in [0.1, 0.15) is 6.04 Å². The molecule has 1 aromatic carbocycles. The smallest absolute Gasteiger partial charge is 0.325 e. The highest BCUT2D eigenvalue weighted by Gasteiger charge is 2.09. The SMILES string of the molecule is CC(Nc1ccc2sccc2c1)C(=O)O. The lowest BCUT2D eigenvalue weighted by Crippen LogP contribution is -2.25. The number of aliphatic carboxylic acids is 1. The first kappa shape index (κ1) is 9.98. The van der Waals surface area contributed by atoms with Crippen LogP contribution in [0.15, 0.2) is 29.6 Å². The molecule has 0 fully saturated rings. The minimum absolute atomic E-state index is 0.568. The van der Waals surface area contributed by atoms with Gasteiger partial charge in [0, 0.05) is 10.4 Å². The van der Waals surface area contributed by atoms with E-state index < -0.39 is 12.0 Å². The van der Waals surface area contributed by atoms with Crippen molar-refractivity contribution in [3.63, 3.8) is 0 Å². The first-order chi connectivity index (χ1) is 7.16. The molecule has 1 aromatic heterocycles. The Kier molecular flexibility index (Phi) is 2.60. The number of benzene rings is 1. The van der Waals surface area contributed by atoms with Crippen molar-refractivity contribution in [2.75, 3.05) is 5.32 Å². The lowest BCUT2D eigenvalue weighted by Gasteiger charge is -2.10. The maximum Gasteiger partial charge on any atom is 0.325 e. The van der Waals surface area contributed by atoms with Gasteiger partial charge in [0.05, 0.1) is 0 Å². The normalized spacial score (nSPS) is 12.6. The van der Waals surface area contributed by atoms with E-state index in [1.54, 1.807) is 18.3 Å². The molecular formula is C11H11NO2S. The molecule has 0 saturated heterocycles. The van der Waals surface area contributed by atoms with E-state index in [1.807, 2.05) is 29.6 Å². The quantitative estimate of drug-likeness (QED) is 0.837. The summed E-state index contributed by atoms with van der Waals surface area (Å²) in [6, 6.07) is 7.32. The van der Waals surface area contributed by atoms with E-state index in [-0.39, 0.29) is 0 Å². The molecule has 0 aliphatic carbocycles. The van der Waals surface area contributed by atoms with Crippen LogP contribution in [0.1, 0.15) is 6.92 Å². The highest BCUT2D eigenvalue weighted by molar-refractivity contribution is 7.17. The van der Waals surface area contributed by atoms with Gasteiger partial charge < -0.3 is 10.4 Å². The number of hydrogen-bond acceptors (Lipinski definition) is 3. The third-order valence-electron chi connectivity index (χ3n) is 2.21. The zero-order chi connectivity index (χ0) is 10.8. The Hall–Kier alpha value is -1.55. The van der Waals surface area contributed by atoms with Crippen molar-refractivity contribution in [2.24, 2.45) is 0 Å². The molecule has 2 N–H and O–H groups in total. The first-order valence-corrected chi connectivity index (χ1v) is 5.51. The zero-order valence-corrected chi connectivity index (χ0v) is 9.04. The van der Waals surface area contributed by atoms with Gasteiger partial charge in [-0.2, -0.15) is 0 Å². The summed E-state index contributed by atoms with van der Waals surface area (Å²) in [7, 11) is 0. The minimum atomic E-state index is -0.847. The van der Waals surface area contributed by atoms with E-state index in [0.29, 0.717) is 0 Å².